The van der Waals surface area contributed by atoms with Gasteiger partial charge in [-0.25, -0.2) is 26.3 Å². The van der Waals surface area contributed by atoms with Crippen LogP contribution in [0.1, 0.15) is 54.4 Å². The fraction of sp³-hybridized carbons (Fsp3) is 0.600. The van der Waals surface area contributed by atoms with Gasteiger partial charge in [-0.15, -0.1) is 0 Å². The molecule has 0 aliphatic heterocycles. The molecular weight excluding hydrogens is 685 g/mol. The van der Waals surface area contributed by atoms with E-state index in [2.05, 4.69) is 9.44 Å². The molecule has 2 N–H and O–H groups in total. The van der Waals surface area contributed by atoms with E-state index in [9.17, 15) is 16.8 Å². The molecule has 13 nitrogen and oxygen atoms in total. The summed E-state index contributed by atoms with van der Waals surface area (Å²) in [6.07, 6.45) is 0.984. The fourth-order valence-corrected chi connectivity index (χ4v) is 12.1. The summed E-state index contributed by atoms with van der Waals surface area (Å²) < 4.78 is 97.4. The topological polar surface area (TPSA) is 157 Å². The van der Waals surface area contributed by atoms with Crippen molar-refractivity contribution in [2.24, 2.45) is 0 Å². The van der Waals surface area contributed by atoms with Gasteiger partial charge < -0.3 is 31.3 Å². The zero-order valence-corrected chi connectivity index (χ0v) is 32.0. The van der Waals surface area contributed by atoms with Crippen molar-refractivity contribution in [1.82, 2.24) is 9.44 Å². The van der Waals surface area contributed by atoms with E-state index < -0.39 is 37.7 Å². The molecule has 0 amide bonds. The highest BCUT2D eigenvalue weighted by Crippen LogP contribution is 2.25. The van der Waals surface area contributed by atoms with Gasteiger partial charge in [0.2, 0.25) is 20.0 Å². The van der Waals surface area contributed by atoms with Crippen LogP contribution in [-0.4, -0.2) is 87.2 Å². The van der Waals surface area contributed by atoms with E-state index in [-0.39, 0.29) is 22.9 Å². The maximum absolute atomic E-state index is 12.9. The van der Waals surface area contributed by atoms with Crippen LogP contribution in [-0.2, 0) is 46.6 Å². The van der Waals surface area contributed by atoms with Gasteiger partial charge in [-0.2, -0.15) is 0 Å². The molecule has 2 aromatic rings. The second-order valence-electron chi connectivity index (χ2n) is 10.0. The Morgan fingerprint density at radius 3 is 1.02 bits per heavy atom. The Kier molecular flexibility index (Phi) is 18.2. The number of nitrogens with one attached hydrogen (secondary N) is 2. The van der Waals surface area contributed by atoms with Gasteiger partial charge in [-0.05, 0) is 103 Å². The van der Waals surface area contributed by atoms with Crippen molar-refractivity contribution < 1.29 is 48.1 Å². The second kappa shape index (κ2) is 20.7. The molecule has 0 saturated carbocycles. The van der Waals surface area contributed by atoms with Crippen LogP contribution in [0.3, 0.4) is 0 Å². The van der Waals surface area contributed by atoms with Crippen molar-refractivity contribution in [3.05, 3.63) is 48.5 Å². The molecule has 268 valence electrons. The third-order valence-corrected chi connectivity index (χ3v) is 15.8. The Balaban J connectivity index is 1.92. The van der Waals surface area contributed by atoms with E-state index in [4.69, 9.17) is 31.3 Å². The molecular formula is C30H52N2O11S2Si2. The average Bonchev–Trinajstić information content (AvgIpc) is 3.03. The Morgan fingerprint density at radius 1 is 0.489 bits per heavy atom. The number of hydrogen-bond acceptors (Lipinski definition) is 11. The van der Waals surface area contributed by atoms with Gasteiger partial charge in [0.25, 0.3) is 0 Å². The molecule has 0 fully saturated rings. The highest BCUT2D eigenvalue weighted by atomic mass is 32.2. The van der Waals surface area contributed by atoms with Crippen LogP contribution in [0.15, 0.2) is 58.3 Å². The van der Waals surface area contributed by atoms with Gasteiger partial charge in [0.05, 0.1) is 9.79 Å². The quantitative estimate of drug-likeness (QED) is 0.0999. The van der Waals surface area contributed by atoms with E-state index in [0.29, 0.717) is 76.1 Å². The molecule has 47 heavy (non-hydrogen) atoms. The SMILES string of the molecule is CCO[Si](CCCNS(=O)(=O)c1ccc(Oc2ccc(S(=O)(=O)NCCC[Si](OCC)(OCC)OCC)cc2)cc1)(OCC)OCC. The Bertz CT molecular complexity index is 1240. The van der Waals surface area contributed by atoms with Crippen LogP contribution in [0, 0.1) is 0 Å². The molecule has 0 aromatic heterocycles. The summed E-state index contributed by atoms with van der Waals surface area (Å²) in [5.74, 6) is 0.785. The number of hydrogen-bond donors (Lipinski definition) is 2. The van der Waals surface area contributed by atoms with E-state index in [1.165, 1.54) is 48.5 Å². The first-order valence-corrected chi connectivity index (χ1v) is 23.0. The van der Waals surface area contributed by atoms with E-state index in [1.54, 1.807) is 0 Å². The van der Waals surface area contributed by atoms with Crippen molar-refractivity contribution in [1.29, 1.82) is 0 Å². The molecule has 0 atom stereocenters. The van der Waals surface area contributed by atoms with Gasteiger partial charge in [0.15, 0.2) is 0 Å². The van der Waals surface area contributed by atoms with Gasteiger partial charge in [-0.3, -0.25) is 0 Å². The number of ether oxygens (including phenoxy) is 1. The Hall–Kier alpha value is -1.75. The third kappa shape index (κ3) is 13.6. The van der Waals surface area contributed by atoms with Gasteiger partial charge in [0.1, 0.15) is 11.5 Å². The Labute approximate surface area is 283 Å². The minimum Gasteiger partial charge on any atom is -0.457 e. The third-order valence-electron chi connectivity index (χ3n) is 6.59. The maximum Gasteiger partial charge on any atom is 0.500 e. The summed E-state index contributed by atoms with van der Waals surface area (Å²) >= 11 is 0. The van der Waals surface area contributed by atoms with Crippen LogP contribution >= 0.6 is 0 Å². The average molecular weight is 737 g/mol. The first kappa shape index (κ1) is 41.4. The summed E-state index contributed by atoms with van der Waals surface area (Å²) in [6, 6.07) is 12.9. The van der Waals surface area contributed by atoms with Crippen LogP contribution < -0.4 is 14.2 Å². The lowest BCUT2D eigenvalue weighted by Crippen LogP contribution is -2.46. The zero-order chi connectivity index (χ0) is 34.8. The zero-order valence-electron chi connectivity index (χ0n) is 28.4. The molecule has 0 aliphatic rings. The molecule has 0 bridgehead atoms. The number of rotatable bonds is 26. The van der Waals surface area contributed by atoms with Crippen LogP contribution in [0.25, 0.3) is 0 Å². The lowest BCUT2D eigenvalue weighted by molar-refractivity contribution is 0.0701. The lowest BCUT2D eigenvalue weighted by atomic mass is 10.3. The van der Waals surface area contributed by atoms with E-state index in [0.717, 1.165) is 0 Å². The van der Waals surface area contributed by atoms with Crippen molar-refractivity contribution in [3.8, 4) is 11.5 Å². The second-order valence-corrected chi connectivity index (χ2v) is 19.0. The standard InChI is InChI=1S/C30H52N2O11S2Si2/c1-7-37-46(38-8-2,39-9-3)25-13-23-31-44(33,34)29-19-15-27(16-20-29)43-28-17-21-30(22-18-28)45(35,36)32-24-14-26-47(40-10-4,41-11-5)42-12-6/h15-22,31-32H,7-14,23-26H2,1-6H3. The smallest absolute Gasteiger partial charge is 0.457 e. The van der Waals surface area contributed by atoms with E-state index in [1.807, 2.05) is 41.5 Å². The van der Waals surface area contributed by atoms with Crippen molar-refractivity contribution in [3.63, 3.8) is 0 Å². The van der Waals surface area contributed by atoms with E-state index >= 15 is 0 Å². The van der Waals surface area contributed by atoms with Gasteiger partial charge in [-0.1, -0.05) is 0 Å². The molecule has 0 heterocycles. The summed E-state index contributed by atoms with van der Waals surface area (Å²) in [7, 11) is -13.2. The normalized spacial score (nSPS) is 12.8. The summed E-state index contributed by atoms with van der Waals surface area (Å²) in [5.41, 5.74) is 0. The minimum absolute atomic E-state index is 0.0870. The van der Waals surface area contributed by atoms with Crippen molar-refractivity contribution in [2.75, 3.05) is 52.7 Å². The van der Waals surface area contributed by atoms with Crippen molar-refractivity contribution in [2.45, 2.75) is 76.3 Å². The van der Waals surface area contributed by atoms with Crippen LogP contribution in [0.2, 0.25) is 12.1 Å². The first-order chi connectivity index (χ1) is 22.4. The van der Waals surface area contributed by atoms with Gasteiger partial charge >= 0.3 is 17.6 Å². The lowest BCUT2D eigenvalue weighted by Gasteiger charge is -2.28. The monoisotopic (exact) mass is 736 g/mol. The predicted molar refractivity (Wildman–Crippen MR) is 183 cm³/mol. The number of sulfonamides is 2. The molecule has 0 radical (unpaired) electrons. The first-order valence-electron chi connectivity index (χ1n) is 16.1. The number of benzene rings is 2. The minimum atomic E-state index is -3.76. The highest BCUT2D eigenvalue weighted by molar-refractivity contribution is 7.89. The van der Waals surface area contributed by atoms with Gasteiger partial charge in [0, 0.05) is 64.8 Å². The molecule has 17 heteroatoms. The molecule has 0 unspecified atom stereocenters. The largest absolute Gasteiger partial charge is 0.500 e. The summed E-state index contributed by atoms with van der Waals surface area (Å²) in [5, 5.41) is 0. The molecule has 2 aromatic carbocycles. The predicted octanol–water partition coefficient (Wildman–Crippen LogP) is 4.91. The van der Waals surface area contributed by atoms with Crippen LogP contribution in [0.4, 0.5) is 0 Å². The summed E-state index contributed by atoms with van der Waals surface area (Å²) in [6.45, 7) is 14.4. The Morgan fingerprint density at radius 2 is 0.766 bits per heavy atom. The molecule has 2 rings (SSSR count). The van der Waals surface area contributed by atoms with Crippen LogP contribution in [0.5, 0.6) is 11.5 Å². The summed E-state index contributed by atoms with van der Waals surface area (Å²) in [4.78, 5) is 0.174. The molecule has 0 saturated heterocycles. The highest BCUT2D eigenvalue weighted by Gasteiger charge is 2.40. The van der Waals surface area contributed by atoms with Crippen molar-refractivity contribution >= 4 is 37.7 Å². The fourth-order valence-electron chi connectivity index (χ4n) is 4.70. The molecule has 0 spiro atoms. The molecule has 0 aliphatic carbocycles. The maximum atomic E-state index is 12.9.